The van der Waals surface area contributed by atoms with Crippen molar-refractivity contribution < 1.29 is 0 Å². The van der Waals surface area contributed by atoms with E-state index in [1.807, 2.05) is 12.4 Å². The zero-order valence-electron chi connectivity index (χ0n) is 12.0. The maximum Gasteiger partial charge on any atom is 0.0270 e. The Morgan fingerprint density at radius 2 is 2.00 bits per heavy atom. The van der Waals surface area contributed by atoms with Crippen LogP contribution in [0.4, 0.5) is 0 Å². The smallest absolute Gasteiger partial charge is 0.0270 e. The van der Waals surface area contributed by atoms with Gasteiger partial charge in [-0.3, -0.25) is 4.98 Å². The van der Waals surface area contributed by atoms with E-state index in [0.29, 0.717) is 6.04 Å². The number of aromatic nitrogens is 1. The van der Waals surface area contributed by atoms with E-state index >= 15 is 0 Å². The molecule has 1 unspecified atom stereocenters. The Bertz CT molecular complexity index is 300. The van der Waals surface area contributed by atoms with Gasteiger partial charge in [-0.2, -0.15) is 0 Å². The van der Waals surface area contributed by atoms with Crippen molar-refractivity contribution in [2.75, 3.05) is 26.7 Å². The summed E-state index contributed by atoms with van der Waals surface area (Å²) in [7, 11) is 2.19. The SMILES string of the molecule is CCCC(C)NCCN(C)CCc1ccncc1. The molecule has 0 saturated heterocycles. The fourth-order valence-corrected chi connectivity index (χ4v) is 2.02. The van der Waals surface area contributed by atoms with Crippen LogP contribution in [0.3, 0.4) is 0 Å². The average Bonchev–Trinajstić information content (AvgIpc) is 2.38. The molecule has 102 valence electrons. The molecule has 0 amide bonds. The lowest BCUT2D eigenvalue weighted by molar-refractivity contribution is 0.327. The van der Waals surface area contributed by atoms with Crippen molar-refractivity contribution in [1.29, 1.82) is 0 Å². The van der Waals surface area contributed by atoms with Crippen molar-refractivity contribution in [3.63, 3.8) is 0 Å². The van der Waals surface area contributed by atoms with E-state index in [0.717, 1.165) is 26.1 Å². The van der Waals surface area contributed by atoms with E-state index < -0.39 is 0 Å². The van der Waals surface area contributed by atoms with Crippen molar-refractivity contribution in [3.8, 4) is 0 Å². The molecule has 1 rings (SSSR count). The monoisotopic (exact) mass is 249 g/mol. The number of pyridine rings is 1. The Morgan fingerprint density at radius 3 is 2.67 bits per heavy atom. The maximum absolute atomic E-state index is 4.04. The summed E-state index contributed by atoms with van der Waals surface area (Å²) >= 11 is 0. The molecule has 0 saturated carbocycles. The summed E-state index contributed by atoms with van der Waals surface area (Å²) in [6.07, 6.45) is 7.35. The predicted octanol–water partition coefficient (Wildman–Crippen LogP) is 2.33. The summed E-state index contributed by atoms with van der Waals surface area (Å²) in [5, 5.41) is 3.56. The zero-order chi connectivity index (χ0) is 13.2. The molecule has 0 aliphatic rings. The summed E-state index contributed by atoms with van der Waals surface area (Å²) in [4.78, 5) is 6.42. The fourth-order valence-electron chi connectivity index (χ4n) is 2.02. The second-order valence-electron chi connectivity index (χ2n) is 5.05. The van der Waals surface area contributed by atoms with Crippen LogP contribution < -0.4 is 5.32 Å². The molecule has 1 aromatic heterocycles. The van der Waals surface area contributed by atoms with E-state index in [2.05, 4.69) is 48.2 Å². The van der Waals surface area contributed by atoms with E-state index in [1.54, 1.807) is 0 Å². The van der Waals surface area contributed by atoms with Crippen molar-refractivity contribution in [2.45, 2.75) is 39.2 Å². The maximum atomic E-state index is 4.04. The topological polar surface area (TPSA) is 28.2 Å². The molecule has 18 heavy (non-hydrogen) atoms. The number of likely N-dealkylation sites (N-methyl/N-ethyl adjacent to an activating group) is 1. The first-order chi connectivity index (χ1) is 8.72. The van der Waals surface area contributed by atoms with Crippen LogP contribution in [0.25, 0.3) is 0 Å². The summed E-state index contributed by atoms with van der Waals surface area (Å²) in [6, 6.07) is 4.83. The molecule has 0 spiro atoms. The highest BCUT2D eigenvalue weighted by Gasteiger charge is 2.02. The first-order valence-electron chi connectivity index (χ1n) is 7.03. The van der Waals surface area contributed by atoms with Gasteiger partial charge in [0.25, 0.3) is 0 Å². The summed E-state index contributed by atoms with van der Waals surface area (Å²) in [5.41, 5.74) is 1.36. The zero-order valence-corrected chi connectivity index (χ0v) is 12.0. The molecule has 0 aliphatic heterocycles. The number of nitrogens with one attached hydrogen (secondary N) is 1. The molecule has 1 aromatic rings. The third-order valence-electron chi connectivity index (χ3n) is 3.24. The van der Waals surface area contributed by atoms with Gasteiger partial charge in [-0.25, -0.2) is 0 Å². The Balaban J connectivity index is 2.09. The van der Waals surface area contributed by atoms with Crippen LogP contribution in [0.5, 0.6) is 0 Å². The number of hydrogen-bond donors (Lipinski definition) is 1. The lowest BCUT2D eigenvalue weighted by atomic mass is 10.2. The van der Waals surface area contributed by atoms with E-state index in [-0.39, 0.29) is 0 Å². The van der Waals surface area contributed by atoms with Crippen LogP contribution in [0, 0.1) is 0 Å². The van der Waals surface area contributed by atoms with Crippen molar-refractivity contribution in [1.82, 2.24) is 15.2 Å². The molecule has 0 radical (unpaired) electrons. The van der Waals surface area contributed by atoms with Gasteiger partial charge in [-0.1, -0.05) is 13.3 Å². The second kappa shape index (κ2) is 9.06. The van der Waals surface area contributed by atoms with Crippen molar-refractivity contribution >= 4 is 0 Å². The van der Waals surface area contributed by atoms with Gasteiger partial charge in [-0.15, -0.1) is 0 Å². The van der Waals surface area contributed by atoms with Gasteiger partial charge in [0.15, 0.2) is 0 Å². The molecule has 0 bridgehead atoms. The summed E-state index contributed by atoms with van der Waals surface area (Å²) < 4.78 is 0. The van der Waals surface area contributed by atoms with Crippen LogP contribution in [0.1, 0.15) is 32.3 Å². The van der Waals surface area contributed by atoms with E-state index in [4.69, 9.17) is 0 Å². The standard InChI is InChI=1S/C15H27N3/c1-4-5-14(2)17-11-13-18(3)12-8-15-6-9-16-10-7-15/h6-7,9-10,14,17H,4-5,8,11-13H2,1-3H3. The van der Waals surface area contributed by atoms with Gasteiger partial charge in [0.2, 0.25) is 0 Å². The number of rotatable bonds is 9. The molecule has 0 fully saturated rings. The Labute approximate surface area is 112 Å². The van der Waals surface area contributed by atoms with Gasteiger partial charge in [0.05, 0.1) is 0 Å². The molecular formula is C15H27N3. The fraction of sp³-hybridized carbons (Fsp3) is 0.667. The van der Waals surface area contributed by atoms with E-state index in [9.17, 15) is 0 Å². The van der Waals surface area contributed by atoms with Crippen LogP contribution in [0.15, 0.2) is 24.5 Å². The second-order valence-corrected chi connectivity index (χ2v) is 5.05. The Morgan fingerprint density at radius 1 is 1.28 bits per heavy atom. The number of hydrogen-bond acceptors (Lipinski definition) is 3. The lowest BCUT2D eigenvalue weighted by Gasteiger charge is -2.19. The summed E-state index contributed by atoms with van der Waals surface area (Å²) in [5.74, 6) is 0. The first-order valence-corrected chi connectivity index (χ1v) is 7.03. The van der Waals surface area contributed by atoms with E-state index in [1.165, 1.54) is 18.4 Å². The minimum absolute atomic E-state index is 0.642. The lowest BCUT2D eigenvalue weighted by Crippen LogP contribution is -2.35. The first kappa shape index (κ1) is 15.1. The quantitative estimate of drug-likeness (QED) is 0.728. The van der Waals surface area contributed by atoms with Gasteiger partial charge in [-0.05, 0) is 44.5 Å². The molecule has 3 nitrogen and oxygen atoms in total. The highest BCUT2D eigenvalue weighted by molar-refractivity contribution is 5.09. The van der Waals surface area contributed by atoms with Gasteiger partial charge in [0, 0.05) is 38.1 Å². The number of nitrogens with zero attached hydrogens (tertiary/aromatic N) is 2. The summed E-state index contributed by atoms with van der Waals surface area (Å²) in [6.45, 7) is 7.79. The molecule has 1 N–H and O–H groups in total. The Kier molecular flexibility index (Phi) is 7.62. The van der Waals surface area contributed by atoms with Crippen LogP contribution in [-0.2, 0) is 6.42 Å². The molecule has 0 aromatic carbocycles. The minimum Gasteiger partial charge on any atom is -0.313 e. The van der Waals surface area contributed by atoms with Crippen molar-refractivity contribution in [2.24, 2.45) is 0 Å². The average molecular weight is 249 g/mol. The molecule has 1 atom stereocenters. The highest BCUT2D eigenvalue weighted by Crippen LogP contribution is 1.99. The van der Waals surface area contributed by atoms with Crippen LogP contribution >= 0.6 is 0 Å². The van der Waals surface area contributed by atoms with Crippen LogP contribution in [0.2, 0.25) is 0 Å². The minimum atomic E-state index is 0.642. The molecule has 3 heteroatoms. The largest absolute Gasteiger partial charge is 0.313 e. The third kappa shape index (κ3) is 6.72. The third-order valence-corrected chi connectivity index (χ3v) is 3.24. The van der Waals surface area contributed by atoms with Gasteiger partial charge in [0.1, 0.15) is 0 Å². The molecular weight excluding hydrogens is 222 g/mol. The van der Waals surface area contributed by atoms with Gasteiger partial charge >= 0.3 is 0 Å². The van der Waals surface area contributed by atoms with Crippen LogP contribution in [-0.4, -0.2) is 42.6 Å². The molecule has 0 aliphatic carbocycles. The highest BCUT2D eigenvalue weighted by atomic mass is 15.1. The predicted molar refractivity (Wildman–Crippen MR) is 77.8 cm³/mol. The van der Waals surface area contributed by atoms with Crippen molar-refractivity contribution in [3.05, 3.63) is 30.1 Å². The van der Waals surface area contributed by atoms with Gasteiger partial charge < -0.3 is 10.2 Å². The Hall–Kier alpha value is -0.930. The normalized spacial score (nSPS) is 12.9. The molecule has 1 heterocycles.